The summed E-state index contributed by atoms with van der Waals surface area (Å²) in [4.78, 5) is 59.2. The van der Waals surface area contributed by atoms with Gasteiger partial charge in [0.05, 0.1) is 17.0 Å². The smallest absolute Gasteiger partial charge is 0.269 e. The Labute approximate surface area is 231 Å². The minimum Gasteiger partial charge on any atom is -0.368 e. The first-order chi connectivity index (χ1) is 18.9. The van der Waals surface area contributed by atoms with Crippen molar-refractivity contribution in [3.05, 3.63) is 45.5 Å². The average Bonchev–Trinajstić information content (AvgIpc) is 3.71. The van der Waals surface area contributed by atoms with Crippen LogP contribution >= 0.6 is 11.3 Å². The molecule has 1 aliphatic heterocycles. The van der Waals surface area contributed by atoms with Gasteiger partial charge >= 0.3 is 0 Å². The molecule has 1 aromatic carbocycles. The number of hydrogen-bond donors (Lipinski definition) is 1. The molecule has 1 saturated heterocycles. The van der Waals surface area contributed by atoms with E-state index in [1.165, 1.54) is 29.9 Å². The van der Waals surface area contributed by atoms with E-state index >= 15 is 0 Å². The van der Waals surface area contributed by atoms with Crippen molar-refractivity contribution in [1.82, 2.24) is 14.8 Å². The molecule has 1 aromatic heterocycles. The van der Waals surface area contributed by atoms with Gasteiger partial charge in [0.2, 0.25) is 17.7 Å². The SMILES string of the molecule is O=C(CN(C(=O)C1CCCCC1)C1CC1)Nc1nc(CC(=O)N2CCN(c3ccc([N+](=O)[O-])cc3)CC2)cs1. The van der Waals surface area contributed by atoms with E-state index in [2.05, 4.69) is 15.2 Å². The molecular formula is C27H34N6O5S. The number of thiazole rings is 1. The second-order valence-corrected chi connectivity index (χ2v) is 11.4. The second-order valence-electron chi connectivity index (χ2n) is 10.5. The highest BCUT2D eigenvalue weighted by Crippen LogP contribution is 2.32. The standard InChI is InChI=1S/C27H34N6O5S/c34-24(17-32(22-8-9-22)26(36)19-4-2-1-3-5-19)29-27-28-20(18-39-27)16-25(35)31-14-12-30(13-15-31)21-6-10-23(11-7-21)33(37)38/h6-7,10-11,18-19,22H,1-5,8-9,12-17H2,(H,28,29,34). The van der Waals surface area contributed by atoms with Gasteiger partial charge < -0.3 is 20.0 Å². The van der Waals surface area contributed by atoms with Gasteiger partial charge in [-0.3, -0.25) is 24.5 Å². The molecule has 208 valence electrons. The molecule has 2 saturated carbocycles. The number of amides is 3. The first-order valence-corrected chi connectivity index (χ1v) is 14.6. The lowest BCUT2D eigenvalue weighted by Crippen LogP contribution is -2.49. The number of benzene rings is 1. The van der Waals surface area contributed by atoms with E-state index in [1.54, 1.807) is 27.3 Å². The molecule has 2 heterocycles. The number of rotatable bonds is 9. The van der Waals surface area contributed by atoms with Crippen molar-refractivity contribution in [2.24, 2.45) is 5.92 Å². The zero-order valence-electron chi connectivity index (χ0n) is 21.9. The lowest BCUT2D eigenvalue weighted by atomic mass is 9.88. The van der Waals surface area contributed by atoms with E-state index in [-0.39, 0.29) is 48.3 Å². The van der Waals surface area contributed by atoms with Crippen molar-refractivity contribution in [2.75, 3.05) is 42.9 Å². The Hall–Kier alpha value is -3.54. The van der Waals surface area contributed by atoms with E-state index < -0.39 is 4.92 Å². The number of nitrogens with zero attached hydrogens (tertiary/aromatic N) is 5. The number of hydrogen-bond acceptors (Lipinski definition) is 8. The molecule has 12 heteroatoms. The summed E-state index contributed by atoms with van der Waals surface area (Å²) in [7, 11) is 0. The minimum atomic E-state index is -0.419. The third-order valence-electron chi connectivity index (χ3n) is 7.73. The molecule has 11 nitrogen and oxygen atoms in total. The molecule has 39 heavy (non-hydrogen) atoms. The number of nitro benzene ring substituents is 1. The molecule has 0 unspecified atom stereocenters. The molecule has 0 bridgehead atoms. The third-order valence-corrected chi connectivity index (χ3v) is 8.53. The number of anilines is 2. The maximum Gasteiger partial charge on any atom is 0.269 e. The number of carbonyl (C=O) groups is 3. The highest BCUT2D eigenvalue weighted by Gasteiger charge is 2.37. The van der Waals surface area contributed by atoms with Crippen LogP contribution in [0.4, 0.5) is 16.5 Å². The van der Waals surface area contributed by atoms with E-state index in [1.807, 2.05) is 0 Å². The van der Waals surface area contributed by atoms with E-state index in [0.717, 1.165) is 44.2 Å². The van der Waals surface area contributed by atoms with Crippen molar-refractivity contribution >= 4 is 45.6 Å². The number of aromatic nitrogens is 1. The fourth-order valence-electron chi connectivity index (χ4n) is 5.38. The van der Waals surface area contributed by atoms with Crippen molar-refractivity contribution in [3.63, 3.8) is 0 Å². The van der Waals surface area contributed by atoms with Crippen LogP contribution in [0.3, 0.4) is 0 Å². The molecule has 3 amide bonds. The Balaban J connectivity index is 1.08. The fourth-order valence-corrected chi connectivity index (χ4v) is 6.11. The third kappa shape index (κ3) is 6.92. The Morgan fingerprint density at radius 2 is 1.72 bits per heavy atom. The number of carbonyl (C=O) groups excluding carboxylic acids is 3. The Kier molecular flexibility index (Phi) is 8.39. The summed E-state index contributed by atoms with van der Waals surface area (Å²) in [5.41, 5.74) is 1.56. The van der Waals surface area contributed by atoms with Crippen molar-refractivity contribution in [1.29, 1.82) is 0 Å². The molecule has 0 spiro atoms. The van der Waals surface area contributed by atoms with E-state index in [9.17, 15) is 24.5 Å². The minimum absolute atomic E-state index is 0.0282. The molecule has 0 radical (unpaired) electrons. The summed E-state index contributed by atoms with van der Waals surface area (Å²) >= 11 is 1.28. The van der Waals surface area contributed by atoms with Crippen molar-refractivity contribution in [3.8, 4) is 0 Å². The Bertz CT molecular complexity index is 1200. The highest BCUT2D eigenvalue weighted by molar-refractivity contribution is 7.13. The first-order valence-electron chi connectivity index (χ1n) is 13.7. The van der Waals surface area contributed by atoms with Gasteiger partial charge in [-0.15, -0.1) is 11.3 Å². The van der Waals surface area contributed by atoms with Crippen LogP contribution in [-0.2, 0) is 20.8 Å². The summed E-state index contributed by atoms with van der Waals surface area (Å²) in [5.74, 6) is -0.118. The predicted molar refractivity (Wildman–Crippen MR) is 148 cm³/mol. The molecule has 3 aliphatic rings. The first kappa shape index (κ1) is 27.0. The Morgan fingerprint density at radius 3 is 2.36 bits per heavy atom. The van der Waals surface area contributed by atoms with Crippen molar-refractivity contribution < 1.29 is 19.3 Å². The van der Waals surface area contributed by atoms with Gasteiger partial charge in [0.15, 0.2) is 5.13 Å². The number of non-ortho nitro benzene ring substituents is 1. The average molecular weight is 555 g/mol. The normalized spacial score (nSPS) is 18.1. The molecule has 5 rings (SSSR count). The van der Waals surface area contributed by atoms with Crippen LogP contribution in [0.1, 0.15) is 50.6 Å². The summed E-state index contributed by atoms with van der Waals surface area (Å²) in [6.45, 7) is 2.43. The number of piperazine rings is 1. The van der Waals surface area contributed by atoms with Crippen LogP contribution in [0, 0.1) is 16.0 Å². The topological polar surface area (TPSA) is 129 Å². The Morgan fingerprint density at radius 1 is 1.03 bits per heavy atom. The molecule has 2 aromatic rings. The number of nitro groups is 1. The monoisotopic (exact) mass is 554 g/mol. The molecular weight excluding hydrogens is 520 g/mol. The van der Waals surface area contributed by atoms with Crippen LogP contribution in [0.2, 0.25) is 0 Å². The quantitative estimate of drug-likeness (QED) is 0.371. The van der Waals surface area contributed by atoms with Crippen LogP contribution in [0.15, 0.2) is 29.6 Å². The van der Waals surface area contributed by atoms with Crippen LogP contribution in [-0.4, -0.2) is 76.2 Å². The highest BCUT2D eigenvalue weighted by atomic mass is 32.1. The summed E-state index contributed by atoms with van der Waals surface area (Å²) in [5, 5.41) is 15.9. The van der Waals surface area contributed by atoms with E-state index in [0.29, 0.717) is 37.0 Å². The van der Waals surface area contributed by atoms with Gasteiger partial charge in [-0.1, -0.05) is 19.3 Å². The maximum atomic E-state index is 13.0. The van der Waals surface area contributed by atoms with Gasteiger partial charge in [0, 0.05) is 61.3 Å². The zero-order chi connectivity index (χ0) is 27.4. The number of nitrogens with one attached hydrogen (secondary N) is 1. The summed E-state index contributed by atoms with van der Waals surface area (Å²) < 4.78 is 0. The molecule has 0 atom stereocenters. The van der Waals surface area contributed by atoms with Crippen molar-refractivity contribution in [2.45, 2.75) is 57.4 Å². The molecule has 1 N–H and O–H groups in total. The van der Waals surface area contributed by atoms with Gasteiger partial charge in [0.25, 0.3) is 5.69 Å². The second kappa shape index (κ2) is 12.1. The van der Waals surface area contributed by atoms with Gasteiger partial charge in [-0.05, 0) is 37.8 Å². The van der Waals surface area contributed by atoms with Gasteiger partial charge in [-0.2, -0.15) is 0 Å². The predicted octanol–water partition coefficient (Wildman–Crippen LogP) is 3.45. The summed E-state index contributed by atoms with van der Waals surface area (Å²) in [6, 6.07) is 6.62. The van der Waals surface area contributed by atoms with E-state index in [4.69, 9.17) is 0 Å². The van der Waals surface area contributed by atoms with Crippen LogP contribution in [0.25, 0.3) is 0 Å². The molecule has 2 aliphatic carbocycles. The maximum absolute atomic E-state index is 13.0. The lowest BCUT2D eigenvalue weighted by molar-refractivity contribution is -0.384. The summed E-state index contributed by atoms with van der Waals surface area (Å²) in [6.07, 6.45) is 7.24. The van der Waals surface area contributed by atoms with Crippen LogP contribution in [0.5, 0.6) is 0 Å². The van der Waals surface area contributed by atoms with Gasteiger partial charge in [0.1, 0.15) is 6.54 Å². The van der Waals surface area contributed by atoms with Crippen LogP contribution < -0.4 is 10.2 Å². The largest absolute Gasteiger partial charge is 0.368 e. The zero-order valence-corrected chi connectivity index (χ0v) is 22.7. The lowest BCUT2D eigenvalue weighted by Gasteiger charge is -2.36. The molecule has 3 fully saturated rings. The van der Waals surface area contributed by atoms with Gasteiger partial charge in [-0.25, -0.2) is 4.98 Å². The fraction of sp³-hybridized carbons (Fsp3) is 0.556.